The number of likely N-dealkylation sites (tertiary alicyclic amines) is 1. The normalized spacial score (nSPS) is 15.7. The Hall–Kier alpha value is -2.38. The molecule has 0 aliphatic carbocycles. The molecule has 1 aliphatic rings. The second kappa shape index (κ2) is 7.88. The first kappa shape index (κ1) is 19.9. The van der Waals surface area contributed by atoms with Crippen molar-refractivity contribution in [1.82, 2.24) is 14.9 Å². The minimum atomic E-state index is -0.661. The van der Waals surface area contributed by atoms with Crippen LogP contribution in [0, 0.1) is 6.92 Å². The van der Waals surface area contributed by atoms with Crippen LogP contribution in [0.3, 0.4) is 0 Å². The number of ether oxygens (including phenoxy) is 2. The summed E-state index contributed by atoms with van der Waals surface area (Å²) in [6, 6.07) is 0. The Labute approximate surface area is 152 Å². The molecule has 1 aromatic heterocycles. The largest absolute Gasteiger partial charge is 0.462 e. The van der Waals surface area contributed by atoms with E-state index < -0.39 is 17.1 Å². The van der Waals surface area contributed by atoms with Crippen molar-refractivity contribution in [2.45, 2.75) is 59.0 Å². The maximum Gasteiger partial charge on any atom is 0.410 e. The van der Waals surface area contributed by atoms with Crippen LogP contribution in [0.2, 0.25) is 0 Å². The van der Waals surface area contributed by atoms with Crippen LogP contribution in [0.1, 0.15) is 68.3 Å². The van der Waals surface area contributed by atoms with Crippen LogP contribution >= 0.6 is 0 Å². The molecule has 0 aromatic carbocycles. The van der Waals surface area contributed by atoms with E-state index in [1.165, 1.54) is 0 Å². The van der Waals surface area contributed by atoms with E-state index >= 15 is 0 Å². The Kier molecular flexibility index (Phi) is 6.05. The number of nitrogens with one attached hydrogen (secondary N) is 1. The Balaban J connectivity index is 2.18. The molecular weight excluding hydrogens is 338 g/mol. The minimum Gasteiger partial charge on any atom is -0.462 e. The zero-order valence-electron chi connectivity index (χ0n) is 16.0. The second-order valence-electron chi connectivity index (χ2n) is 7.37. The molecule has 2 rings (SSSR count). The molecule has 0 unspecified atom stereocenters. The van der Waals surface area contributed by atoms with E-state index in [1.807, 2.05) is 20.8 Å². The van der Waals surface area contributed by atoms with Crippen LogP contribution in [0.15, 0.2) is 4.79 Å². The van der Waals surface area contributed by atoms with Crippen LogP contribution in [0.5, 0.6) is 0 Å². The lowest BCUT2D eigenvalue weighted by Gasteiger charge is -2.33. The predicted molar refractivity (Wildman–Crippen MR) is 95.3 cm³/mol. The maximum atomic E-state index is 12.3. The molecule has 26 heavy (non-hydrogen) atoms. The van der Waals surface area contributed by atoms with Gasteiger partial charge in [-0.2, -0.15) is 0 Å². The fourth-order valence-corrected chi connectivity index (χ4v) is 2.97. The highest BCUT2D eigenvalue weighted by Crippen LogP contribution is 2.29. The summed E-state index contributed by atoms with van der Waals surface area (Å²) in [7, 11) is 0. The van der Waals surface area contributed by atoms with Crippen LogP contribution in [-0.4, -0.2) is 52.2 Å². The molecule has 0 radical (unpaired) electrons. The third-order valence-corrected chi connectivity index (χ3v) is 4.08. The quantitative estimate of drug-likeness (QED) is 0.825. The van der Waals surface area contributed by atoms with Crippen molar-refractivity contribution in [3.8, 4) is 0 Å². The van der Waals surface area contributed by atoms with Gasteiger partial charge in [0.15, 0.2) is 0 Å². The summed E-state index contributed by atoms with van der Waals surface area (Å²) in [6.45, 7) is 9.99. The molecular formula is C18H27N3O5. The third-order valence-electron chi connectivity index (χ3n) is 4.08. The van der Waals surface area contributed by atoms with Crippen LogP contribution in [0.4, 0.5) is 4.79 Å². The average molecular weight is 365 g/mol. The number of rotatable bonds is 3. The molecule has 0 atom stereocenters. The van der Waals surface area contributed by atoms with E-state index in [0.29, 0.717) is 37.4 Å². The summed E-state index contributed by atoms with van der Waals surface area (Å²) in [5, 5.41) is 0. The van der Waals surface area contributed by atoms with E-state index in [0.717, 1.165) is 0 Å². The van der Waals surface area contributed by atoms with Gasteiger partial charge in [0.05, 0.1) is 12.3 Å². The summed E-state index contributed by atoms with van der Waals surface area (Å²) in [5.41, 5.74) is -0.613. The van der Waals surface area contributed by atoms with Gasteiger partial charge in [0.2, 0.25) is 0 Å². The van der Waals surface area contributed by atoms with E-state index in [-0.39, 0.29) is 24.2 Å². The number of nitrogens with zero attached hydrogens (tertiary/aromatic N) is 2. The van der Waals surface area contributed by atoms with E-state index in [2.05, 4.69) is 9.97 Å². The Morgan fingerprint density at radius 1 is 1.27 bits per heavy atom. The lowest BCUT2D eigenvalue weighted by atomic mass is 9.91. The molecule has 1 aliphatic heterocycles. The van der Waals surface area contributed by atoms with E-state index in [1.54, 1.807) is 18.7 Å². The van der Waals surface area contributed by atoms with Crippen molar-refractivity contribution < 1.29 is 19.1 Å². The standard InChI is InChI=1S/C18H27N3O5/c1-6-25-16(23)13-14(19-11(2)20-15(13)22)12-7-9-21(10-8-12)17(24)26-18(3,4)5/h12H,6-10H2,1-5H3,(H,19,20,22). The number of piperidine rings is 1. The van der Waals surface area contributed by atoms with E-state index in [4.69, 9.17) is 9.47 Å². The molecule has 1 amide bonds. The summed E-state index contributed by atoms with van der Waals surface area (Å²) in [5.74, 6) is -0.299. The minimum absolute atomic E-state index is 0.0341. The van der Waals surface area contributed by atoms with Crippen molar-refractivity contribution in [3.63, 3.8) is 0 Å². The fourth-order valence-electron chi connectivity index (χ4n) is 2.97. The van der Waals surface area contributed by atoms with Crippen LogP contribution < -0.4 is 5.56 Å². The molecule has 8 nitrogen and oxygen atoms in total. The van der Waals surface area contributed by atoms with Gasteiger partial charge in [-0.1, -0.05) is 0 Å². The molecule has 1 aromatic rings. The average Bonchev–Trinajstić information content (AvgIpc) is 2.52. The van der Waals surface area contributed by atoms with Crippen molar-refractivity contribution in [1.29, 1.82) is 0 Å². The first-order valence-electron chi connectivity index (χ1n) is 8.88. The number of aryl methyl sites for hydroxylation is 1. The van der Waals surface area contributed by atoms with Gasteiger partial charge in [-0.25, -0.2) is 14.6 Å². The smallest absolute Gasteiger partial charge is 0.410 e. The predicted octanol–water partition coefficient (Wildman–Crippen LogP) is 2.37. The van der Waals surface area contributed by atoms with Gasteiger partial charge in [0, 0.05) is 19.0 Å². The van der Waals surface area contributed by atoms with Gasteiger partial charge in [-0.3, -0.25) is 4.79 Å². The first-order chi connectivity index (χ1) is 12.1. The molecule has 1 saturated heterocycles. The van der Waals surface area contributed by atoms with Crippen LogP contribution in [0.25, 0.3) is 0 Å². The Bertz CT molecular complexity index is 727. The van der Waals surface area contributed by atoms with Gasteiger partial charge < -0.3 is 19.4 Å². The highest BCUT2D eigenvalue weighted by Gasteiger charge is 2.31. The molecule has 1 N–H and O–H groups in total. The summed E-state index contributed by atoms with van der Waals surface area (Å²) in [6.07, 6.45) is 0.847. The number of hydrogen-bond donors (Lipinski definition) is 1. The van der Waals surface area contributed by atoms with Gasteiger partial charge in [-0.05, 0) is 47.5 Å². The Morgan fingerprint density at radius 3 is 2.42 bits per heavy atom. The van der Waals surface area contributed by atoms with E-state index in [9.17, 15) is 14.4 Å². The second-order valence-corrected chi connectivity index (χ2v) is 7.37. The van der Waals surface area contributed by atoms with Crippen molar-refractivity contribution in [3.05, 3.63) is 27.4 Å². The van der Waals surface area contributed by atoms with Gasteiger partial charge >= 0.3 is 12.1 Å². The number of hydrogen-bond acceptors (Lipinski definition) is 6. The number of aromatic nitrogens is 2. The third kappa shape index (κ3) is 4.83. The fraction of sp³-hybridized carbons (Fsp3) is 0.667. The Morgan fingerprint density at radius 2 is 1.88 bits per heavy atom. The van der Waals surface area contributed by atoms with Crippen LogP contribution in [-0.2, 0) is 9.47 Å². The first-order valence-corrected chi connectivity index (χ1v) is 8.88. The summed E-state index contributed by atoms with van der Waals surface area (Å²) >= 11 is 0. The summed E-state index contributed by atoms with van der Waals surface area (Å²) in [4.78, 5) is 45.3. The zero-order valence-corrected chi connectivity index (χ0v) is 16.0. The summed E-state index contributed by atoms with van der Waals surface area (Å²) < 4.78 is 10.4. The SMILES string of the molecule is CCOC(=O)c1c(C2CCN(C(=O)OC(C)(C)C)CC2)nc(C)[nH]c1=O. The number of carbonyl (C=O) groups is 2. The molecule has 0 saturated carbocycles. The lowest BCUT2D eigenvalue weighted by Crippen LogP contribution is -2.42. The molecule has 144 valence electrons. The number of esters is 1. The number of amides is 1. The molecule has 1 fully saturated rings. The molecule has 8 heteroatoms. The van der Waals surface area contributed by atoms with Gasteiger partial charge in [-0.15, -0.1) is 0 Å². The lowest BCUT2D eigenvalue weighted by molar-refractivity contribution is 0.0202. The monoisotopic (exact) mass is 365 g/mol. The molecule has 0 bridgehead atoms. The number of aromatic amines is 1. The highest BCUT2D eigenvalue weighted by atomic mass is 16.6. The van der Waals surface area contributed by atoms with Gasteiger partial charge in [0.1, 0.15) is 17.0 Å². The highest BCUT2D eigenvalue weighted by molar-refractivity contribution is 5.90. The van der Waals surface area contributed by atoms with Crippen molar-refractivity contribution in [2.24, 2.45) is 0 Å². The van der Waals surface area contributed by atoms with Gasteiger partial charge in [0.25, 0.3) is 5.56 Å². The number of H-pyrrole nitrogens is 1. The van der Waals surface area contributed by atoms with Crippen molar-refractivity contribution in [2.75, 3.05) is 19.7 Å². The molecule has 2 heterocycles. The number of carbonyl (C=O) groups excluding carboxylic acids is 2. The van der Waals surface area contributed by atoms with Crippen molar-refractivity contribution >= 4 is 12.1 Å². The zero-order chi connectivity index (χ0) is 19.5. The topological polar surface area (TPSA) is 102 Å². The molecule has 0 spiro atoms. The maximum absolute atomic E-state index is 12.3.